The molecule has 0 aliphatic carbocycles. The number of carbonyl (C=O) groups excluding carboxylic acids is 3. The first-order valence-electron chi connectivity index (χ1n) is 20.8. The maximum Gasteiger partial charge on any atom is 0.306 e. The second kappa shape index (κ2) is 37.2. The Morgan fingerprint density at radius 2 is 0.745 bits per heavy atom. The van der Waals surface area contributed by atoms with Crippen LogP contribution in [0.1, 0.15) is 226 Å². The molecule has 6 nitrogen and oxygen atoms in total. The van der Waals surface area contributed by atoms with Gasteiger partial charge in [0, 0.05) is 19.4 Å². The van der Waals surface area contributed by atoms with Crippen molar-refractivity contribution >= 4 is 17.8 Å². The minimum Gasteiger partial charge on any atom is -0.450 e. The lowest BCUT2D eigenvalue weighted by molar-refractivity contribution is -0.156. The van der Waals surface area contributed by atoms with Gasteiger partial charge in [-0.1, -0.05) is 194 Å². The third kappa shape index (κ3) is 34.1. The van der Waals surface area contributed by atoms with Crippen molar-refractivity contribution in [3.63, 3.8) is 0 Å². The first kappa shape index (κ1) is 45.4. The first-order chi connectivity index (χ1) is 23.0. The Balaban J connectivity index is 3.81. The second-order valence-electron chi connectivity index (χ2n) is 14.1. The zero-order chi connectivity index (χ0) is 34.5. The quantitative estimate of drug-likeness (QED) is 0.0511. The Morgan fingerprint density at radius 3 is 1.09 bits per heavy atom. The molecular weight excluding hydrogens is 584 g/mol. The van der Waals surface area contributed by atoms with Crippen molar-refractivity contribution in [3.8, 4) is 0 Å². The van der Waals surface area contributed by atoms with Crippen LogP contribution in [-0.2, 0) is 19.1 Å². The highest BCUT2D eigenvalue weighted by atomic mass is 16.5. The number of hydrogen-bond donors (Lipinski definition) is 2. The molecule has 2 N–H and O–H groups in total. The lowest BCUT2D eigenvalue weighted by atomic mass is 10.0. The van der Waals surface area contributed by atoms with Gasteiger partial charge in [0.1, 0.15) is 0 Å². The first-order valence-corrected chi connectivity index (χ1v) is 20.8. The normalized spacial score (nSPS) is 11.8. The molecule has 0 aromatic rings. The molecule has 2 amide bonds. The van der Waals surface area contributed by atoms with Gasteiger partial charge in [-0.3, -0.25) is 14.4 Å². The van der Waals surface area contributed by atoms with Crippen LogP contribution in [0, 0.1) is 0 Å². The van der Waals surface area contributed by atoms with Gasteiger partial charge >= 0.3 is 5.97 Å². The highest BCUT2D eigenvalue weighted by molar-refractivity contribution is 5.85. The smallest absolute Gasteiger partial charge is 0.306 e. The summed E-state index contributed by atoms with van der Waals surface area (Å²) in [7, 11) is 0. The Kier molecular flexibility index (Phi) is 36.0. The Hall–Kier alpha value is -1.59. The van der Waals surface area contributed by atoms with Gasteiger partial charge in [-0.05, 0) is 19.8 Å². The molecule has 6 heteroatoms. The maximum atomic E-state index is 12.5. The van der Waals surface area contributed by atoms with Crippen molar-refractivity contribution in [1.29, 1.82) is 0 Å². The number of amides is 2. The molecule has 0 fully saturated rings. The van der Waals surface area contributed by atoms with Crippen LogP contribution in [0.4, 0.5) is 0 Å². The van der Waals surface area contributed by atoms with Gasteiger partial charge in [0.15, 0.2) is 6.10 Å². The number of hydrogen-bond acceptors (Lipinski definition) is 4. The van der Waals surface area contributed by atoms with Crippen LogP contribution in [-0.4, -0.2) is 37.0 Å². The molecule has 0 aromatic heterocycles. The monoisotopic (exact) mass is 665 g/mol. The van der Waals surface area contributed by atoms with E-state index in [1.54, 1.807) is 0 Å². The molecule has 0 saturated heterocycles. The van der Waals surface area contributed by atoms with Crippen LogP contribution in [0.5, 0.6) is 0 Å². The van der Waals surface area contributed by atoms with E-state index in [9.17, 15) is 14.4 Å². The fourth-order valence-corrected chi connectivity index (χ4v) is 6.29. The molecule has 0 saturated carbocycles. The van der Waals surface area contributed by atoms with Crippen LogP contribution in [0.2, 0.25) is 0 Å². The summed E-state index contributed by atoms with van der Waals surface area (Å²) >= 11 is 0. The highest BCUT2D eigenvalue weighted by Crippen LogP contribution is 2.15. The van der Waals surface area contributed by atoms with Gasteiger partial charge < -0.3 is 15.4 Å². The van der Waals surface area contributed by atoms with Crippen LogP contribution in [0.15, 0.2) is 0 Å². The molecule has 0 radical (unpaired) electrons. The molecule has 1 unspecified atom stereocenters. The van der Waals surface area contributed by atoms with E-state index >= 15 is 0 Å². The standard InChI is InChI=1S/C41H80N2O4/c1-4-7-9-11-13-15-17-19-21-23-25-27-29-31-33-35-39(44)43-37-38(41(46)42-6-3)47-40(45)36-34-32-30-28-26-24-22-20-18-16-14-12-10-8-5-2/h38H,4-37H2,1-3H3,(H,42,46)(H,43,44). The highest BCUT2D eigenvalue weighted by Gasteiger charge is 2.23. The summed E-state index contributed by atoms with van der Waals surface area (Å²) in [6.45, 7) is 6.87. The largest absolute Gasteiger partial charge is 0.450 e. The van der Waals surface area contributed by atoms with Crippen LogP contribution in [0.3, 0.4) is 0 Å². The van der Waals surface area contributed by atoms with Crippen LogP contribution >= 0.6 is 0 Å². The Morgan fingerprint density at radius 1 is 0.426 bits per heavy atom. The molecule has 0 bridgehead atoms. The molecule has 0 spiro atoms. The molecule has 1 atom stereocenters. The van der Waals surface area contributed by atoms with Crippen molar-refractivity contribution in [1.82, 2.24) is 10.6 Å². The van der Waals surface area contributed by atoms with E-state index in [4.69, 9.17) is 4.74 Å². The molecule has 0 heterocycles. The van der Waals surface area contributed by atoms with E-state index in [-0.39, 0.29) is 24.3 Å². The molecule has 0 aliphatic rings. The van der Waals surface area contributed by atoms with Crippen molar-refractivity contribution < 1.29 is 19.1 Å². The molecular formula is C41H80N2O4. The summed E-state index contributed by atoms with van der Waals surface area (Å²) in [6, 6.07) is 0. The number of nitrogens with one attached hydrogen (secondary N) is 2. The van der Waals surface area contributed by atoms with Crippen LogP contribution in [0.25, 0.3) is 0 Å². The fraction of sp³-hybridized carbons (Fsp3) is 0.927. The second-order valence-corrected chi connectivity index (χ2v) is 14.1. The van der Waals surface area contributed by atoms with Crippen molar-refractivity contribution in [2.24, 2.45) is 0 Å². The number of carbonyl (C=O) groups is 3. The van der Waals surface area contributed by atoms with E-state index in [0.29, 0.717) is 19.4 Å². The predicted molar refractivity (Wildman–Crippen MR) is 201 cm³/mol. The summed E-state index contributed by atoms with van der Waals surface area (Å²) < 4.78 is 5.50. The van der Waals surface area contributed by atoms with Gasteiger partial charge in [-0.15, -0.1) is 0 Å². The van der Waals surface area contributed by atoms with Gasteiger partial charge in [0.2, 0.25) is 5.91 Å². The van der Waals surface area contributed by atoms with E-state index < -0.39 is 6.10 Å². The lowest BCUT2D eigenvalue weighted by Gasteiger charge is -2.18. The Labute approximate surface area is 292 Å². The van der Waals surface area contributed by atoms with Gasteiger partial charge in [-0.2, -0.15) is 0 Å². The lowest BCUT2D eigenvalue weighted by Crippen LogP contribution is -2.45. The van der Waals surface area contributed by atoms with Crippen LogP contribution < -0.4 is 10.6 Å². The summed E-state index contributed by atoms with van der Waals surface area (Å²) in [5.41, 5.74) is 0. The number of likely N-dealkylation sites (N-methyl/N-ethyl adjacent to an activating group) is 1. The molecule has 0 rings (SSSR count). The van der Waals surface area contributed by atoms with E-state index in [1.165, 1.54) is 161 Å². The minimum absolute atomic E-state index is 0.0357. The van der Waals surface area contributed by atoms with Gasteiger partial charge in [0.05, 0.1) is 6.54 Å². The third-order valence-electron chi connectivity index (χ3n) is 9.39. The zero-order valence-corrected chi connectivity index (χ0v) is 31.8. The van der Waals surface area contributed by atoms with E-state index in [2.05, 4.69) is 24.5 Å². The number of esters is 1. The Bertz CT molecular complexity index is 699. The third-order valence-corrected chi connectivity index (χ3v) is 9.39. The molecule has 47 heavy (non-hydrogen) atoms. The molecule has 278 valence electrons. The topological polar surface area (TPSA) is 84.5 Å². The average Bonchev–Trinajstić information content (AvgIpc) is 3.06. The fourth-order valence-electron chi connectivity index (χ4n) is 6.29. The average molecular weight is 665 g/mol. The summed E-state index contributed by atoms with van der Waals surface area (Å²) in [5.74, 6) is -0.773. The van der Waals surface area contributed by atoms with E-state index in [0.717, 1.165) is 32.1 Å². The van der Waals surface area contributed by atoms with Crippen molar-refractivity contribution in [2.45, 2.75) is 232 Å². The number of unbranched alkanes of at least 4 members (excludes halogenated alkanes) is 28. The predicted octanol–water partition coefficient (Wildman–Crippen LogP) is 11.7. The van der Waals surface area contributed by atoms with Crippen molar-refractivity contribution in [3.05, 3.63) is 0 Å². The van der Waals surface area contributed by atoms with Gasteiger partial charge in [-0.25, -0.2) is 0 Å². The SMILES string of the molecule is CCCCCCCCCCCCCCCCCC(=O)NCC(OC(=O)CCCCCCCCCCCCCCCCC)C(=O)NCC. The van der Waals surface area contributed by atoms with Gasteiger partial charge in [0.25, 0.3) is 5.91 Å². The zero-order valence-electron chi connectivity index (χ0n) is 31.8. The van der Waals surface area contributed by atoms with E-state index in [1.807, 2.05) is 6.92 Å². The summed E-state index contributed by atoms with van der Waals surface area (Å²) in [5, 5.41) is 5.55. The summed E-state index contributed by atoms with van der Waals surface area (Å²) in [4.78, 5) is 37.3. The van der Waals surface area contributed by atoms with Crippen molar-refractivity contribution in [2.75, 3.05) is 13.1 Å². The number of ether oxygens (including phenoxy) is 1. The maximum absolute atomic E-state index is 12.5. The minimum atomic E-state index is -0.969. The molecule has 0 aliphatic heterocycles. The molecule has 0 aromatic carbocycles. The number of rotatable bonds is 37. The summed E-state index contributed by atoms with van der Waals surface area (Å²) in [6.07, 6.45) is 38.4.